The smallest absolute Gasteiger partial charge is 0.00248 e. The second-order valence-corrected chi connectivity index (χ2v) is 2.61. The van der Waals surface area contributed by atoms with Crippen LogP contribution in [0.15, 0.2) is 10.8 Å². The van der Waals surface area contributed by atoms with E-state index in [0.717, 1.165) is 3.87 Å². The van der Waals surface area contributed by atoms with E-state index in [1.54, 1.807) is 0 Å². The highest BCUT2D eigenvalue weighted by Crippen LogP contribution is 2.27. The predicted molar refractivity (Wildman–Crippen MR) is 27.9 cm³/mol. The van der Waals surface area contributed by atoms with Crippen molar-refractivity contribution in [2.75, 3.05) is 0 Å². The van der Waals surface area contributed by atoms with Crippen LogP contribution in [-0.4, -0.2) is 9.08 Å². The highest BCUT2D eigenvalue weighted by atomic mass is 32.2. The molecule has 0 amide bonds. The van der Waals surface area contributed by atoms with Gasteiger partial charge in [0.25, 0.3) is 0 Å². The molecule has 0 aromatic rings. The first kappa shape index (κ1) is 4.52. The molecule has 0 aliphatic carbocycles. The molecule has 0 unspecified atom stereocenters. The van der Waals surface area contributed by atoms with Crippen molar-refractivity contribution in [2.45, 2.75) is 0 Å². The van der Waals surface area contributed by atoms with E-state index in [9.17, 15) is 0 Å². The van der Waals surface area contributed by atoms with Crippen LogP contribution in [0.25, 0.3) is 0 Å². The van der Waals surface area contributed by atoms with Gasteiger partial charge in [-0.05, 0) is 34.7 Å². The molecule has 6 heavy (non-hydrogen) atoms. The lowest BCUT2D eigenvalue weighted by Gasteiger charge is -1.95. The lowest BCUT2D eigenvalue weighted by Crippen LogP contribution is -1.87. The lowest BCUT2D eigenvalue weighted by molar-refractivity contribution is 0.127. The first-order valence-corrected chi connectivity index (χ1v) is 3.04. The summed E-state index contributed by atoms with van der Waals surface area (Å²) in [6.45, 7) is 0. The van der Waals surface area contributed by atoms with Crippen molar-refractivity contribution in [3.8, 4) is 0 Å². The third-order valence-corrected chi connectivity index (χ3v) is 1.92. The fraction of sp³-hybridized carbons (Fsp3) is 0. The summed E-state index contributed by atoms with van der Waals surface area (Å²) in [5, 5.41) is 12.0. The Morgan fingerprint density at radius 2 is 1.83 bits per heavy atom. The van der Waals surface area contributed by atoms with Crippen LogP contribution in [0.2, 0.25) is 0 Å². The minimum atomic E-state index is 1.08. The molecular formula is C2H3NOS2. The normalized spacial score (nSPS) is 22.8. The zero-order valence-corrected chi connectivity index (χ0v) is 4.50. The molecule has 4 heteroatoms. The van der Waals surface area contributed by atoms with Crippen molar-refractivity contribution in [3.63, 3.8) is 0 Å². The molecule has 0 saturated heterocycles. The van der Waals surface area contributed by atoms with E-state index in [-0.39, 0.29) is 0 Å². The minimum Gasteiger partial charge on any atom is -0.292 e. The number of hydrogen-bond acceptors (Lipinski definition) is 4. The van der Waals surface area contributed by atoms with Crippen molar-refractivity contribution in [1.29, 1.82) is 0 Å². The molecule has 1 aliphatic rings. The summed E-state index contributed by atoms with van der Waals surface area (Å²) in [4.78, 5) is 0. The second kappa shape index (κ2) is 1.88. The van der Waals surface area contributed by atoms with Crippen molar-refractivity contribution in [3.05, 3.63) is 10.8 Å². The maximum absolute atomic E-state index is 8.43. The first-order chi connectivity index (χ1) is 2.89. The van der Waals surface area contributed by atoms with Gasteiger partial charge in [-0.2, -0.15) is 0 Å². The van der Waals surface area contributed by atoms with Crippen molar-refractivity contribution < 1.29 is 5.21 Å². The summed E-state index contributed by atoms with van der Waals surface area (Å²) < 4.78 is 1.08. The molecule has 34 valence electrons. The van der Waals surface area contributed by atoms with Crippen LogP contribution in [0.3, 0.4) is 0 Å². The van der Waals surface area contributed by atoms with Crippen LogP contribution in [0, 0.1) is 0 Å². The van der Waals surface area contributed by atoms with E-state index >= 15 is 0 Å². The van der Waals surface area contributed by atoms with E-state index in [4.69, 9.17) is 5.21 Å². The van der Waals surface area contributed by atoms with Gasteiger partial charge in [0.1, 0.15) is 0 Å². The minimum absolute atomic E-state index is 1.08. The third kappa shape index (κ3) is 0.909. The molecule has 0 aromatic carbocycles. The monoisotopic (exact) mass is 121 g/mol. The summed E-state index contributed by atoms with van der Waals surface area (Å²) >= 11 is 2.54. The molecule has 1 N–H and O–H groups in total. The fourth-order valence-corrected chi connectivity index (χ4v) is 1.28. The van der Waals surface area contributed by atoms with Gasteiger partial charge in [0.15, 0.2) is 0 Å². The Kier molecular flexibility index (Phi) is 1.42. The molecule has 1 heterocycles. The number of nitrogens with zero attached hydrogens (tertiary/aromatic N) is 1. The average Bonchev–Trinajstić information content (AvgIpc) is 1.86. The molecule has 1 aliphatic heterocycles. The van der Waals surface area contributed by atoms with Crippen LogP contribution in [0.1, 0.15) is 0 Å². The van der Waals surface area contributed by atoms with Crippen LogP contribution in [-0.2, 0) is 0 Å². The fourth-order valence-electron chi connectivity index (χ4n) is 0.179. The van der Waals surface area contributed by atoms with E-state index < -0.39 is 0 Å². The van der Waals surface area contributed by atoms with Gasteiger partial charge in [-0.3, -0.25) is 5.21 Å². The molecule has 0 saturated carbocycles. The zero-order valence-electron chi connectivity index (χ0n) is 2.87. The average molecular weight is 121 g/mol. The molecule has 0 spiro atoms. The van der Waals surface area contributed by atoms with Gasteiger partial charge in [0.05, 0.1) is 0 Å². The molecule has 0 fully saturated rings. The van der Waals surface area contributed by atoms with Crippen molar-refractivity contribution in [1.82, 2.24) is 3.87 Å². The molecule has 1 rings (SSSR count). The Bertz CT molecular complexity index is 65.9. The van der Waals surface area contributed by atoms with Crippen molar-refractivity contribution in [2.24, 2.45) is 0 Å². The molecule has 0 bridgehead atoms. The number of rotatable bonds is 0. The maximum atomic E-state index is 8.43. The Balaban J connectivity index is 2.32. The third-order valence-electron chi connectivity index (χ3n) is 0.358. The molecule has 0 atom stereocenters. The van der Waals surface area contributed by atoms with Crippen LogP contribution < -0.4 is 0 Å². The molecule has 0 aromatic heterocycles. The molecule has 2 nitrogen and oxygen atoms in total. The molecular weight excluding hydrogens is 118 g/mol. The first-order valence-electron chi connectivity index (χ1n) is 1.37. The van der Waals surface area contributed by atoms with Gasteiger partial charge in [-0.25, -0.2) is 0 Å². The van der Waals surface area contributed by atoms with Gasteiger partial charge < -0.3 is 0 Å². The van der Waals surface area contributed by atoms with Crippen LogP contribution in [0.5, 0.6) is 0 Å². The SMILES string of the molecule is ON1SC=CS1. The van der Waals surface area contributed by atoms with E-state index in [0.29, 0.717) is 0 Å². The summed E-state index contributed by atoms with van der Waals surface area (Å²) in [5.41, 5.74) is 0. The predicted octanol–water partition coefficient (Wildman–Crippen LogP) is 1.46. The summed E-state index contributed by atoms with van der Waals surface area (Å²) in [7, 11) is 0. The van der Waals surface area contributed by atoms with E-state index in [1.165, 1.54) is 23.9 Å². The Labute approximate surface area is 44.4 Å². The standard InChI is InChI=1S/C2H3NOS2/c4-3-5-1-2-6-3/h1-2,4H. The lowest BCUT2D eigenvalue weighted by atomic mass is 11.3. The van der Waals surface area contributed by atoms with Crippen molar-refractivity contribution >= 4 is 23.9 Å². The highest BCUT2D eigenvalue weighted by molar-refractivity contribution is 8.17. The van der Waals surface area contributed by atoms with Gasteiger partial charge in [-0.1, -0.05) is 3.87 Å². The Hall–Kier alpha value is 0.360. The van der Waals surface area contributed by atoms with E-state index in [2.05, 4.69) is 0 Å². The zero-order chi connectivity index (χ0) is 4.41. The second-order valence-electron chi connectivity index (χ2n) is 0.721. The summed E-state index contributed by atoms with van der Waals surface area (Å²) in [6, 6.07) is 0. The van der Waals surface area contributed by atoms with Gasteiger partial charge in [0.2, 0.25) is 0 Å². The Morgan fingerprint density at radius 3 is 2.00 bits per heavy atom. The van der Waals surface area contributed by atoms with Gasteiger partial charge >= 0.3 is 0 Å². The summed E-state index contributed by atoms with van der Waals surface area (Å²) in [6.07, 6.45) is 0. The van der Waals surface area contributed by atoms with Gasteiger partial charge in [-0.15, -0.1) is 0 Å². The molecule has 0 radical (unpaired) electrons. The van der Waals surface area contributed by atoms with E-state index in [1.807, 2.05) is 10.8 Å². The number of hydrogen-bond donors (Lipinski definition) is 1. The van der Waals surface area contributed by atoms with Crippen LogP contribution >= 0.6 is 23.9 Å². The van der Waals surface area contributed by atoms with Gasteiger partial charge in [0, 0.05) is 0 Å². The Morgan fingerprint density at radius 1 is 1.33 bits per heavy atom. The largest absolute Gasteiger partial charge is 0.292 e. The quantitative estimate of drug-likeness (QED) is 0.490. The highest BCUT2D eigenvalue weighted by Gasteiger charge is 2.00. The maximum Gasteiger partial charge on any atom is -0.00248 e. The topological polar surface area (TPSA) is 23.5 Å². The van der Waals surface area contributed by atoms with Crippen LogP contribution in [0.4, 0.5) is 0 Å². The summed E-state index contributed by atoms with van der Waals surface area (Å²) in [5.74, 6) is 0.